The highest BCUT2D eigenvalue weighted by molar-refractivity contribution is 7.33. The summed E-state index contributed by atoms with van der Waals surface area (Å²) in [5.41, 5.74) is 18.4. The van der Waals surface area contributed by atoms with Gasteiger partial charge in [0, 0.05) is 43.3 Å². The van der Waals surface area contributed by atoms with Gasteiger partial charge in [0.25, 0.3) is 6.71 Å². The predicted octanol–water partition coefficient (Wildman–Crippen LogP) is 16.2. The van der Waals surface area contributed by atoms with E-state index in [-0.39, 0.29) is 12.1 Å². The van der Waals surface area contributed by atoms with Gasteiger partial charge >= 0.3 is 0 Å². The Morgan fingerprint density at radius 3 is 1.56 bits per heavy atom. The number of hydrogen-bond acceptors (Lipinski definition) is 3. The third-order valence-corrected chi connectivity index (χ3v) is 15.9. The molecule has 0 N–H and O–H groups in total. The monoisotopic (exact) mass is 884 g/mol. The number of anilines is 6. The predicted molar refractivity (Wildman–Crippen MR) is 295 cm³/mol. The molecule has 2 nitrogen and oxygen atoms in total. The van der Waals surface area contributed by atoms with Gasteiger partial charge in [-0.15, -0.1) is 11.3 Å². The molecular formula is C64H45BN2S. The van der Waals surface area contributed by atoms with Crippen molar-refractivity contribution < 1.29 is 0 Å². The number of rotatable bonds is 5. The lowest BCUT2D eigenvalue weighted by Crippen LogP contribution is -2.60. The highest BCUT2D eigenvalue weighted by atomic mass is 32.1. The van der Waals surface area contributed by atoms with Crippen molar-refractivity contribution in [2.24, 2.45) is 0 Å². The van der Waals surface area contributed by atoms with Gasteiger partial charge in [0.05, 0.1) is 5.69 Å². The molecular weight excluding hydrogens is 840 g/mol. The highest BCUT2D eigenvalue weighted by Gasteiger charge is 2.46. The lowest BCUT2D eigenvalue weighted by molar-refractivity contribution is 0.590. The Morgan fingerprint density at radius 2 is 0.912 bits per heavy atom. The van der Waals surface area contributed by atoms with Crippen molar-refractivity contribution >= 4 is 110 Å². The zero-order valence-electron chi connectivity index (χ0n) is 38.2. The second-order valence-corrected chi connectivity index (χ2v) is 20.8. The Morgan fingerprint density at radius 1 is 0.397 bits per heavy atom. The molecule has 11 aromatic carbocycles. The molecule has 2 aliphatic rings. The number of fused-ring (bicyclic) bond motifs is 6. The van der Waals surface area contributed by atoms with Crippen molar-refractivity contribution in [2.75, 3.05) is 9.80 Å². The largest absolute Gasteiger partial charge is 0.311 e. The number of nitrogens with zero attached hydrogens (tertiary/aromatic N) is 2. The van der Waals surface area contributed by atoms with Crippen LogP contribution in [-0.2, 0) is 5.41 Å². The first-order valence-corrected chi connectivity index (χ1v) is 24.6. The molecule has 0 amide bonds. The molecule has 1 aromatic heterocycles. The Hall–Kier alpha value is -7.92. The first kappa shape index (κ1) is 39.3. The number of benzene rings is 11. The van der Waals surface area contributed by atoms with Crippen LogP contribution in [-0.4, -0.2) is 6.71 Å². The molecule has 0 fully saturated rings. The first-order valence-electron chi connectivity index (χ1n) is 23.8. The summed E-state index contributed by atoms with van der Waals surface area (Å²) in [6.07, 6.45) is 0. The summed E-state index contributed by atoms with van der Waals surface area (Å²) in [4.78, 5) is 5.16. The average molecular weight is 885 g/mol. The smallest absolute Gasteiger partial charge is 0.264 e. The first-order chi connectivity index (χ1) is 33.3. The van der Waals surface area contributed by atoms with Gasteiger partial charge in [-0.25, -0.2) is 0 Å². The van der Waals surface area contributed by atoms with Crippen LogP contribution in [0.1, 0.15) is 26.3 Å². The molecule has 0 radical (unpaired) electrons. The second kappa shape index (κ2) is 14.8. The summed E-state index contributed by atoms with van der Waals surface area (Å²) < 4.78 is 2.69. The lowest BCUT2D eigenvalue weighted by Gasteiger charge is -2.44. The lowest BCUT2D eigenvalue weighted by atomic mass is 9.36. The number of thiophene rings is 1. The van der Waals surface area contributed by atoms with Gasteiger partial charge in [-0.2, -0.15) is 0 Å². The van der Waals surface area contributed by atoms with Crippen molar-refractivity contribution in [2.45, 2.75) is 26.2 Å². The molecule has 4 heteroatoms. The second-order valence-electron chi connectivity index (χ2n) is 19.7. The molecule has 3 heterocycles. The minimum atomic E-state index is -0.126. The van der Waals surface area contributed by atoms with Crippen LogP contribution in [0.25, 0.3) is 75.8 Å². The molecule has 14 rings (SSSR count). The third kappa shape index (κ3) is 5.97. The van der Waals surface area contributed by atoms with Gasteiger partial charge in [-0.3, -0.25) is 0 Å². The molecule has 0 unspecified atom stereocenters. The van der Waals surface area contributed by atoms with E-state index < -0.39 is 0 Å². The normalized spacial score (nSPS) is 13.1. The summed E-state index contributed by atoms with van der Waals surface area (Å²) in [5, 5.41) is 9.14. The SMILES string of the molecule is CC(C)(C)c1cc2c3c(c1)N(c1ccc(-c4ccccc4)cc1)c1c(sc4ccccc14)B3c1ccc(-c3ccccc3)cc1N2c1ccc(-c2cc3ccc4cccc5ccc(c2)c3c45)cc1. The van der Waals surface area contributed by atoms with Crippen LogP contribution < -0.4 is 25.5 Å². The summed E-state index contributed by atoms with van der Waals surface area (Å²) in [6.45, 7) is 7.10. The maximum Gasteiger partial charge on any atom is 0.264 e. The van der Waals surface area contributed by atoms with E-state index in [4.69, 9.17) is 0 Å². The molecule has 2 aliphatic heterocycles. The van der Waals surface area contributed by atoms with E-state index in [1.807, 2.05) is 11.3 Å². The van der Waals surface area contributed by atoms with Crippen LogP contribution in [0.3, 0.4) is 0 Å². The van der Waals surface area contributed by atoms with Gasteiger partial charge < -0.3 is 9.80 Å². The average Bonchev–Trinajstić information content (AvgIpc) is 3.77. The van der Waals surface area contributed by atoms with Gasteiger partial charge in [-0.1, -0.05) is 178 Å². The van der Waals surface area contributed by atoms with E-state index in [0.717, 1.165) is 11.4 Å². The summed E-state index contributed by atoms with van der Waals surface area (Å²) >= 11 is 1.95. The van der Waals surface area contributed by atoms with Crippen LogP contribution >= 0.6 is 11.3 Å². The van der Waals surface area contributed by atoms with Crippen LogP contribution in [0.2, 0.25) is 0 Å². The molecule has 0 aliphatic carbocycles. The Kier molecular flexibility index (Phi) is 8.54. The van der Waals surface area contributed by atoms with E-state index in [9.17, 15) is 0 Å². The topological polar surface area (TPSA) is 6.48 Å². The Labute approximate surface area is 401 Å². The van der Waals surface area contributed by atoms with Crippen LogP contribution in [0.4, 0.5) is 34.1 Å². The third-order valence-electron chi connectivity index (χ3n) is 14.7. The van der Waals surface area contributed by atoms with E-state index >= 15 is 0 Å². The Balaban J connectivity index is 0.998. The highest BCUT2D eigenvalue weighted by Crippen LogP contribution is 2.50. The summed E-state index contributed by atoms with van der Waals surface area (Å²) in [6, 6.07) is 81.9. The molecule has 320 valence electrons. The van der Waals surface area contributed by atoms with Crippen LogP contribution in [0.15, 0.2) is 218 Å². The van der Waals surface area contributed by atoms with Gasteiger partial charge in [-0.05, 0) is 148 Å². The fraction of sp³-hybridized carbons (Fsp3) is 0.0625. The zero-order valence-corrected chi connectivity index (χ0v) is 39.0. The van der Waals surface area contributed by atoms with Crippen molar-refractivity contribution in [1.29, 1.82) is 0 Å². The van der Waals surface area contributed by atoms with Crippen LogP contribution in [0.5, 0.6) is 0 Å². The Bertz CT molecular complexity index is 3880. The van der Waals surface area contributed by atoms with Crippen molar-refractivity contribution in [3.8, 4) is 33.4 Å². The van der Waals surface area contributed by atoms with Gasteiger partial charge in [0.1, 0.15) is 0 Å². The fourth-order valence-corrected chi connectivity index (χ4v) is 12.7. The molecule has 12 aromatic rings. The minimum absolute atomic E-state index is 0.0378. The standard InChI is InChI=1S/C64H45BN2S/c1-64(2,3)50-38-56-61-57(39-50)67(52-32-25-42(26-33-52)40-13-6-4-7-14-40)62-53-19-10-11-20-58(53)68-63(62)65(61)54-34-29-46(41-15-8-5-9-16-41)37-55(54)66(56)51-30-27-43(28-31-51)49-35-47-23-21-44-17-12-18-45-22-24-48(36-49)60(47)59(44)45/h4-39H,1-3H3. The summed E-state index contributed by atoms with van der Waals surface area (Å²) in [5.74, 6) is 0. The van der Waals surface area contributed by atoms with E-state index in [2.05, 4.69) is 249 Å². The fourth-order valence-electron chi connectivity index (χ4n) is 11.4. The van der Waals surface area contributed by atoms with Crippen molar-refractivity contribution in [3.05, 3.63) is 224 Å². The van der Waals surface area contributed by atoms with E-state index in [1.54, 1.807) is 0 Å². The maximum atomic E-state index is 2.59. The number of hydrogen-bond donors (Lipinski definition) is 0. The van der Waals surface area contributed by atoms with Crippen molar-refractivity contribution in [1.82, 2.24) is 0 Å². The quantitative estimate of drug-likeness (QED) is 0.126. The maximum absolute atomic E-state index is 2.59. The molecule has 0 bridgehead atoms. The zero-order chi connectivity index (χ0) is 45.3. The molecule has 0 saturated carbocycles. The molecule has 0 atom stereocenters. The van der Waals surface area contributed by atoms with Crippen molar-refractivity contribution in [3.63, 3.8) is 0 Å². The van der Waals surface area contributed by atoms with Crippen LogP contribution in [0, 0.1) is 0 Å². The molecule has 68 heavy (non-hydrogen) atoms. The minimum Gasteiger partial charge on any atom is -0.311 e. The summed E-state index contributed by atoms with van der Waals surface area (Å²) in [7, 11) is 0. The van der Waals surface area contributed by atoms with Gasteiger partial charge in [0.2, 0.25) is 0 Å². The van der Waals surface area contributed by atoms with E-state index in [1.165, 1.54) is 120 Å². The van der Waals surface area contributed by atoms with Gasteiger partial charge in [0.15, 0.2) is 0 Å². The van der Waals surface area contributed by atoms with E-state index in [0.29, 0.717) is 0 Å². The molecule has 0 saturated heterocycles. The molecule has 0 spiro atoms.